The van der Waals surface area contributed by atoms with E-state index < -0.39 is 0 Å². The van der Waals surface area contributed by atoms with E-state index in [0.29, 0.717) is 5.82 Å². The monoisotopic (exact) mass is 388 g/mol. The van der Waals surface area contributed by atoms with Crippen molar-refractivity contribution in [2.24, 2.45) is 5.92 Å². The average Bonchev–Trinajstić information content (AvgIpc) is 3.18. The average molecular weight is 388 g/mol. The molecule has 0 radical (unpaired) electrons. The van der Waals surface area contributed by atoms with Gasteiger partial charge in [-0.1, -0.05) is 24.3 Å². The molecular weight excluding hydrogens is 368 g/mol. The summed E-state index contributed by atoms with van der Waals surface area (Å²) < 4.78 is 1.31. The fourth-order valence-corrected chi connectivity index (χ4v) is 4.88. The second-order valence-electron chi connectivity index (χ2n) is 7.10. The Morgan fingerprint density at radius 1 is 1.04 bits per heavy atom. The van der Waals surface area contributed by atoms with Crippen molar-refractivity contribution in [1.29, 1.82) is 0 Å². The summed E-state index contributed by atoms with van der Waals surface area (Å²) in [6, 6.07) is 14.3. The van der Waals surface area contributed by atoms with E-state index in [1.54, 1.807) is 23.7 Å². The number of piperidine rings is 1. The molecule has 0 atom stereocenters. The lowest BCUT2D eigenvalue weighted by atomic mass is 9.95. The number of anilines is 2. The molecule has 1 saturated heterocycles. The van der Waals surface area contributed by atoms with Crippen LogP contribution in [0.25, 0.3) is 21.0 Å². The summed E-state index contributed by atoms with van der Waals surface area (Å²) in [4.78, 5) is 23.9. The zero-order chi connectivity index (χ0) is 18.9. The van der Waals surface area contributed by atoms with E-state index in [1.807, 2.05) is 18.2 Å². The summed E-state index contributed by atoms with van der Waals surface area (Å²) in [6.45, 7) is 1.78. The molecule has 4 heterocycles. The zero-order valence-electron chi connectivity index (χ0n) is 15.3. The molecule has 5 rings (SSSR count). The van der Waals surface area contributed by atoms with Gasteiger partial charge in [-0.15, -0.1) is 11.3 Å². The number of aromatic nitrogens is 2. The number of thiophene rings is 1. The van der Waals surface area contributed by atoms with Gasteiger partial charge in [0.05, 0.1) is 5.69 Å². The molecule has 1 aromatic carbocycles. The molecule has 28 heavy (non-hydrogen) atoms. The first-order chi connectivity index (χ1) is 13.8. The smallest absolute Gasteiger partial charge is 0.228 e. The molecule has 1 aliphatic heterocycles. The van der Waals surface area contributed by atoms with Crippen LogP contribution >= 0.6 is 11.3 Å². The minimum absolute atomic E-state index is 0.00178. The van der Waals surface area contributed by atoms with Crippen LogP contribution in [0.15, 0.2) is 60.2 Å². The third kappa shape index (κ3) is 3.10. The summed E-state index contributed by atoms with van der Waals surface area (Å²) in [6.07, 6.45) is 5.12. The number of hydrogen-bond acceptors (Lipinski definition) is 5. The fraction of sp³-hybridized carbons (Fsp3) is 0.227. The molecule has 1 N–H and O–H groups in total. The number of fused-ring (bicyclic) bond motifs is 2. The van der Waals surface area contributed by atoms with Gasteiger partial charge in [0, 0.05) is 52.3 Å². The molecule has 140 valence electrons. The number of amides is 1. The van der Waals surface area contributed by atoms with Gasteiger partial charge < -0.3 is 10.2 Å². The van der Waals surface area contributed by atoms with Crippen molar-refractivity contribution >= 4 is 49.7 Å². The third-order valence-corrected chi connectivity index (χ3v) is 6.38. The Hall–Kier alpha value is -2.99. The Labute approximate surface area is 167 Å². The van der Waals surface area contributed by atoms with Gasteiger partial charge >= 0.3 is 0 Å². The highest BCUT2D eigenvalue weighted by Gasteiger charge is 2.26. The maximum absolute atomic E-state index is 12.8. The minimum Gasteiger partial charge on any atom is -0.370 e. The van der Waals surface area contributed by atoms with Crippen LogP contribution in [0, 0.1) is 5.92 Å². The van der Waals surface area contributed by atoms with Gasteiger partial charge in [-0.3, -0.25) is 9.78 Å². The number of nitrogens with zero attached hydrogens (tertiary/aromatic N) is 3. The largest absolute Gasteiger partial charge is 0.370 e. The van der Waals surface area contributed by atoms with Gasteiger partial charge in [-0.2, -0.15) is 0 Å². The van der Waals surface area contributed by atoms with E-state index in [0.717, 1.165) is 36.8 Å². The Morgan fingerprint density at radius 3 is 2.79 bits per heavy atom. The molecule has 4 aromatic rings. The van der Waals surface area contributed by atoms with E-state index in [1.165, 1.54) is 15.8 Å². The van der Waals surface area contributed by atoms with Gasteiger partial charge in [0.1, 0.15) is 5.52 Å². The number of hydrogen-bond donors (Lipinski definition) is 1. The molecule has 1 fully saturated rings. The van der Waals surface area contributed by atoms with Gasteiger partial charge in [-0.05, 0) is 31.0 Å². The summed E-state index contributed by atoms with van der Waals surface area (Å²) in [5.74, 6) is 0.594. The Balaban J connectivity index is 1.28. The summed E-state index contributed by atoms with van der Waals surface area (Å²) >= 11 is 1.78. The van der Waals surface area contributed by atoms with Crippen LogP contribution in [0.2, 0.25) is 0 Å². The van der Waals surface area contributed by atoms with E-state index in [4.69, 9.17) is 0 Å². The zero-order valence-corrected chi connectivity index (χ0v) is 16.2. The van der Waals surface area contributed by atoms with Crippen molar-refractivity contribution in [1.82, 2.24) is 9.97 Å². The highest BCUT2D eigenvalue weighted by molar-refractivity contribution is 7.17. The number of pyridine rings is 2. The topological polar surface area (TPSA) is 58.1 Å². The van der Waals surface area contributed by atoms with Gasteiger partial charge in [0.25, 0.3) is 0 Å². The molecule has 0 bridgehead atoms. The number of carbonyl (C=O) groups is 1. The van der Waals surface area contributed by atoms with Crippen molar-refractivity contribution in [2.75, 3.05) is 23.3 Å². The highest BCUT2D eigenvalue weighted by Crippen LogP contribution is 2.35. The lowest BCUT2D eigenvalue weighted by Gasteiger charge is -2.32. The van der Waals surface area contributed by atoms with Crippen LogP contribution in [-0.4, -0.2) is 29.0 Å². The third-order valence-electron chi connectivity index (χ3n) is 5.43. The molecule has 0 spiro atoms. The number of rotatable bonds is 3. The Bertz CT molecular complexity index is 1140. The van der Waals surface area contributed by atoms with Crippen molar-refractivity contribution < 1.29 is 4.79 Å². The minimum atomic E-state index is 0.00178. The Morgan fingerprint density at radius 2 is 1.89 bits per heavy atom. The van der Waals surface area contributed by atoms with Crippen molar-refractivity contribution in [2.45, 2.75) is 12.8 Å². The molecule has 0 aliphatic carbocycles. The van der Waals surface area contributed by atoms with Crippen LogP contribution in [0.4, 0.5) is 11.5 Å². The molecule has 1 aliphatic rings. The van der Waals surface area contributed by atoms with E-state index >= 15 is 0 Å². The van der Waals surface area contributed by atoms with Crippen molar-refractivity contribution in [3.8, 4) is 0 Å². The Kier molecular flexibility index (Phi) is 4.41. The second-order valence-corrected chi connectivity index (χ2v) is 8.01. The quantitative estimate of drug-likeness (QED) is 0.553. The molecular formula is C22H20N4OS. The predicted molar refractivity (Wildman–Crippen MR) is 115 cm³/mol. The maximum Gasteiger partial charge on any atom is 0.228 e. The van der Waals surface area contributed by atoms with E-state index in [9.17, 15) is 4.79 Å². The highest BCUT2D eigenvalue weighted by atomic mass is 32.1. The van der Waals surface area contributed by atoms with Crippen LogP contribution < -0.4 is 10.2 Å². The normalized spacial score (nSPS) is 15.2. The summed E-state index contributed by atoms with van der Waals surface area (Å²) in [5.41, 5.74) is 2.03. The first-order valence-electron chi connectivity index (χ1n) is 9.51. The standard InChI is InChI=1S/C22H20N4OS/c27-22(25-21-20-15(7-11-24-21)4-3-10-23-20)16-8-12-26(13-9-16)18-14-28-19-6-2-1-5-17(18)19/h1-7,10-11,14,16H,8-9,12-13H2,(H,24,25,27). The first-order valence-corrected chi connectivity index (χ1v) is 10.4. The number of nitrogens with one attached hydrogen (secondary N) is 1. The molecule has 0 unspecified atom stereocenters. The maximum atomic E-state index is 12.8. The lowest BCUT2D eigenvalue weighted by Crippen LogP contribution is -2.38. The summed E-state index contributed by atoms with van der Waals surface area (Å²) in [7, 11) is 0. The second kappa shape index (κ2) is 7.20. The van der Waals surface area contributed by atoms with Crippen LogP contribution in [0.1, 0.15) is 12.8 Å². The van der Waals surface area contributed by atoms with Crippen molar-refractivity contribution in [3.63, 3.8) is 0 Å². The predicted octanol–water partition coefficient (Wildman–Crippen LogP) is 4.70. The lowest BCUT2D eigenvalue weighted by molar-refractivity contribution is -0.120. The number of carbonyl (C=O) groups excluding carboxylic acids is 1. The molecule has 6 heteroatoms. The first kappa shape index (κ1) is 17.1. The molecule has 1 amide bonds. The van der Waals surface area contributed by atoms with Crippen LogP contribution in [-0.2, 0) is 4.79 Å². The van der Waals surface area contributed by atoms with Crippen molar-refractivity contribution in [3.05, 3.63) is 60.2 Å². The van der Waals surface area contributed by atoms with E-state index in [-0.39, 0.29) is 11.8 Å². The number of benzene rings is 1. The van der Waals surface area contributed by atoms with E-state index in [2.05, 4.69) is 49.8 Å². The molecule has 3 aromatic heterocycles. The van der Waals surface area contributed by atoms with Crippen LogP contribution in [0.5, 0.6) is 0 Å². The van der Waals surface area contributed by atoms with Gasteiger partial charge in [-0.25, -0.2) is 4.98 Å². The SMILES string of the molecule is O=C(Nc1nccc2cccnc12)C1CCN(c2csc3ccccc23)CC1. The molecule has 5 nitrogen and oxygen atoms in total. The summed E-state index contributed by atoms with van der Waals surface area (Å²) in [5, 5.41) is 7.52. The molecule has 0 saturated carbocycles. The van der Waals surface area contributed by atoms with Crippen LogP contribution in [0.3, 0.4) is 0 Å². The van der Waals surface area contributed by atoms with Gasteiger partial charge in [0.2, 0.25) is 5.91 Å². The fourth-order valence-electron chi connectivity index (χ4n) is 3.90. The van der Waals surface area contributed by atoms with Gasteiger partial charge in [0.15, 0.2) is 5.82 Å².